The van der Waals surface area contributed by atoms with Gasteiger partial charge in [-0.05, 0) is 36.6 Å². The topological polar surface area (TPSA) is 58.6 Å². The van der Waals surface area contributed by atoms with Crippen molar-refractivity contribution < 1.29 is 14.3 Å². The van der Waals surface area contributed by atoms with Crippen LogP contribution in [0.1, 0.15) is 28.2 Å². The van der Waals surface area contributed by atoms with Gasteiger partial charge >= 0.3 is 6.09 Å². The van der Waals surface area contributed by atoms with Crippen LogP contribution in [0, 0.1) is 0 Å². The standard InChI is InChI=1S/C16H16N2O3S/c1-11(14-6-3-9-22-14)17-15(19)12-4-2-5-13(10-12)18-7-8-21-16(18)20/h2-6,9-11H,7-8H2,1H3,(H,17,19)/t11-/m0/s1. The van der Waals surface area contributed by atoms with Crippen molar-refractivity contribution in [2.45, 2.75) is 13.0 Å². The highest BCUT2D eigenvalue weighted by Gasteiger charge is 2.24. The molecule has 1 aromatic heterocycles. The van der Waals surface area contributed by atoms with Crippen LogP contribution < -0.4 is 10.2 Å². The molecule has 0 spiro atoms. The van der Waals surface area contributed by atoms with Gasteiger partial charge in [-0.2, -0.15) is 0 Å². The van der Waals surface area contributed by atoms with Crippen molar-refractivity contribution in [1.82, 2.24) is 5.32 Å². The zero-order chi connectivity index (χ0) is 15.5. The predicted molar refractivity (Wildman–Crippen MR) is 85.3 cm³/mol. The molecule has 6 heteroatoms. The lowest BCUT2D eigenvalue weighted by Crippen LogP contribution is -2.27. The van der Waals surface area contributed by atoms with Crippen molar-refractivity contribution in [3.8, 4) is 0 Å². The Bertz CT molecular complexity index is 684. The summed E-state index contributed by atoms with van der Waals surface area (Å²) in [6.45, 7) is 2.84. The molecule has 2 heterocycles. The van der Waals surface area contributed by atoms with Gasteiger partial charge in [-0.15, -0.1) is 11.3 Å². The molecule has 114 valence electrons. The van der Waals surface area contributed by atoms with E-state index in [9.17, 15) is 9.59 Å². The molecule has 1 atom stereocenters. The molecule has 0 radical (unpaired) electrons. The average molecular weight is 316 g/mol. The van der Waals surface area contributed by atoms with Crippen molar-refractivity contribution >= 4 is 29.0 Å². The number of carbonyl (C=O) groups is 2. The Balaban J connectivity index is 1.74. The highest BCUT2D eigenvalue weighted by Crippen LogP contribution is 2.22. The predicted octanol–water partition coefficient (Wildman–Crippen LogP) is 3.20. The zero-order valence-electron chi connectivity index (χ0n) is 12.1. The van der Waals surface area contributed by atoms with Gasteiger partial charge < -0.3 is 10.1 Å². The minimum Gasteiger partial charge on any atom is -0.447 e. The Kier molecular flexibility index (Phi) is 4.11. The van der Waals surface area contributed by atoms with Crippen LogP contribution in [-0.4, -0.2) is 25.2 Å². The summed E-state index contributed by atoms with van der Waals surface area (Å²) < 4.78 is 4.92. The van der Waals surface area contributed by atoms with Crippen molar-refractivity contribution in [2.75, 3.05) is 18.1 Å². The third kappa shape index (κ3) is 2.96. The molecule has 2 amide bonds. The minimum atomic E-state index is -0.371. The molecule has 0 unspecified atom stereocenters. The number of anilines is 1. The molecule has 2 aromatic rings. The first-order chi connectivity index (χ1) is 10.6. The van der Waals surface area contributed by atoms with Crippen LogP contribution in [0.3, 0.4) is 0 Å². The zero-order valence-corrected chi connectivity index (χ0v) is 12.9. The molecule has 1 aliphatic heterocycles. The average Bonchev–Trinajstić information content (AvgIpc) is 3.18. The van der Waals surface area contributed by atoms with Gasteiger partial charge in [0.25, 0.3) is 5.91 Å². The molecule has 5 nitrogen and oxygen atoms in total. The molecular formula is C16H16N2O3S. The van der Waals surface area contributed by atoms with E-state index in [0.29, 0.717) is 24.4 Å². The van der Waals surface area contributed by atoms with Crippen LogP contribution in [0.2, 0.25) is 0 Å². The van der Waals surface area contributed by atoms with Gasteiger partial charge in [-0.25, -0.2) is 4.79 Å². The van der Waals surface area contributed by atoms with E-state index in [2.05, 4.69) is 5.32 Å². The summed E-state index contributed by atoms with van der Waals surface area (Å²) in [5, 5.41) is 4.95. The molecule has 1 aromatic carbocycles. The van der Waals surface area contributed by atoms with Crippen molar-refractivity contribution in [2.24, 2.45) is 0 Å². The normalized spacial score (nSPS) is 15.5. The van der Waals surface area contributed by atoms with E-state index in [1.165, 1.54) is 4.90 Å². The molecule has 22 heavy (non-hydrogen) atoms. The number of carbonyl (C=O) groups excluding carboxylic acids is 2. The Morgan fingerprint density at radius 1 is 1.36 bits per heavy atom. The fraction of sp³-hybridized carbons (Fsp3) is 0.250. The summed E-state index contributed by atoms with van der Waals surface area (Å²) >= 11 is 1.61. The van der Waals surface area contributed by atoms with Gasteiger partial charge in [0.05, 0.1) is 12.6 Å². The molecule has 1 saturated heterocycles. The van der Waals surface area contributed by atoms with Gasteiger partial charge in [0.15, 0.2) is 0 Å². The summed E-state index contributed by atoms with van der Waals surface area (Å²) in [6, 6.07) is 10.9. The summed E-state index contributed by atoms with van der Waals surface area (Å²) in [5.41, 5.74) is 1.21. The smallest absolute Gasteiger partial charge is 0.414 e. The maximum atomic E-state index is 12.4. The third-order valence-corrected chi connectivity index (χ3v) is 4.55. The number of nitrogens with zero attached hydrogens (tertiary/aromatic N) is 1. The first kappa shape index (κ1) is 14.6. The van der Waals surface area contributed by atoms with E-state index in [4.69, 9.17) is 4.74 Å². The molecular weight excluding hydrogens is 300 g/mol. The fourth-order valence-electron chi connectivity index (χ4n) is 2.33. The van der Waals surface area contributed by atoms with Gasteiger partial charge in [-0.3, -0.25) is 9.69 Å². The van der Waals surface area contributed by atoms with Crippen LogP contribution in [0.4, 0.5) is 10.5 Å². The number of amides is 2. The number of rotatable bonds is 4. The lowest BCUT2D eigenvalue weighted by atomic mass is 10.1. The lowest BCUT2D eigenvalue weighted by Gasteiger charge is -2.15. The monoisotopic (exact) mass is 316 g/mol. The Labute approximate surface area is 132 Å². The number of hydrogen-bond acceptors (Lipinski definition) is 4. The van der Waals surface area contributed by atoms with E-state index in [-0.39, 0.29) is 18.0 Å². The van der Waals surface area contributed by atoms with Crippen molar-refractivity contribution in [3.63, 3.8) is 0 Å². The van der Waals surface area contributed by atoms with Crippen LogP contribution in [-0.2, 0) is 4.74 Å². The molecule has 1 N–H and O–H groups in total. The summed E-state index contributed by atoms with van der Waals surface area (Å²) in [4.78, 5) is 26.6. The first-order valence-corrected chi connectivity index (χ1v) is 7.92. The van der Waals surface area contributed by atoms with Gasteiger partial charge in [0.2, 0.25) is 0 Å². The van der Waals surface area contributed by atoms with E-state index < -0.39 is 0 Å². The molecule has 1 aliphatic rings. The Morgan fingerprint density at radius 3 is 2.91 bits per heavy atom. The molecule has 0 aliphatic carbocycles. The molecule has 1 fully saturated rings. The van der Waals surface area contributed by atoms with Crippen LogP contribution in [0.5, 0.6) is 0 Å². The highest BCUT2D eigenvalue weighted by molar-refractivity contribution is 7.10. The number of nitrogens with one attached hydrogen (secondary N) is 1. The highest BCUT2D eigenvalue weighted by atomic mass is 32.1. The minimum absolute atomic E-state index is 0.0482. The van der Waals surface area contributed by atoms with Gasteiger partial charge in [0, 0.05) is 16.1 Å². The first-order valence-electron chi connectivity index (χ1n) is 7.04. The van der Waals surface area contributed by atoms with E-state index in [1.54, 1.807) is 35.6 Å². The number of ether oxygens (including phenoxy) is 1. The maximum absolute atomic E-state index is 12.4. The Morgan fingerprint density at radius 2 is 2.23 bits per heavy atom. The SMILES string of the molecule is C[C@H](NC(=O)c1cccc(N2CCOC2=O)c1)c1cccs1. The second-order valence-corrected chi connectivity index (χ2v) is 6.01. The number of thiophene rings is 1. The van der Waals surface area contributed by atoms with Gasteiger partial charge in [-0.1, -0.05) is 12.1 Å². The quantitative estimate of drug-likeness (QED) is 0.942. The second kappa shape index (κ2) is 6.19. The van der Waals surface area contributed by atoms with E-state index in [1.807, 2.05) is 24.4 Å². The molecule has 0 bridgehead atoms. The maximum Gasteiger partial charge on any atom is 0.414 e. The van der Waals surface area contributed by atoms with Crippen LogP contribution >= 0.6 is 11.3 Å². The summed E-state index contributed by atoms with van der Waals surface area (Å²) in [7, 11) is 0. The lowest BCUT2D eigenvalue weighted by molar-refractivity contribution is 0.0940. The second-order valence-electron chi connectivity index (χ2n) is 5.03. The number of benzene rings is 1. The molecule has 0 saturated carbocycles. The van der Waals surface area contributed by atoms with E-state index >= 15 is 0 Å². The summed E-state index contributed by atoms with van der Waals surface area (Å²) in [6.07, 6.45) is -0.371. The fourth-order valence-corrected chi connectivity index (χ4v) is 3.07. The van der Waals surface area contributed by atoms with Crippen LogP contribution in [0.15, 0.2) is 41.8 Å². The van der Waals surface area contributed by atoms with Crippen LogP contribution in [0.25, 0.3) is 0 Å². The number of cyclic esters (lactones) is 1. The van der Waals surface area contributed by atoms with Gasteiger partial charge in [0.1, 0.15) is 6.61 Å². The molecule has 3 rings (SSSR count). The van der Waals surface area contributed by atoms with E-state index in [0.717, 1.165) is 4.88 Å². The van der Waals surface area contributed by atoms with Crippen molar-refractivity contribution in [3.05, 3.63) is 52.2 Å². The van der Waals surface area contributed by atoms with Crippen molar-refractivity contribution in [1.29, 1.82) is 0 Å². The largest absolute Gasteiger partial charge is 0.447 e. The number of hydrogen-bond donors (Lipinski definition) is 1. The third-order valence-electron chi connectivity index (χ3n) is 3.50. The Hall–Kier alpha value is -2.34. The summed E-state index contributed by atoms with van der Waals surface area (Å²) in [5.74, 6) is -0.157.